The number of aromatic amines is 1. The molecule has 2 aromatic rings. The quantitative estimate of drug-likeness (QED) is 0.304. The number of aliphatic carboxylic acids is 2. The van der Waals surface area contributed by atoms with E-state index in [1.807, 2.05) is 13.8 Å². The third-order valence-electron chi connectivity index (χ3n) is 5.92. The van der Waals surface area contributed by atoms with Gasteiger partial charge in [0.15, 0.2) is 0 Å². The number of carbonyl (C=O) groups excluding carboxylic acids is 2. The minimum absolute atomic E-state index is 0.143. The average molecular weight is 517 g/mol. The van der Waals surface area contributed by atoms with Crippen LogP contribution < -0.4 is 10.6 Å². The molecule has 1 aliphatic heterocycles. The Morgan fingerprint density at radius 3 is 2.27 bits per heavy atom. The van der Waals surface area contributed by atoms with E-state index in [1.165, 1.54) is 12.1 Å². The van der Waals surface area contributed by atoms with Crippen molar-refractivity contribution in [1.29, 1.82) is 0 Å². The maximum atomic E-state index is 13.7. The molecular formula is C26H33FN4O6. The second kappa shape index (κ2) is 13.4. The molecular weight excluding hydrogens is 483 g/mol. The number of H-pyrrole nitrogens is 1. The van der Waals surface area contributed by atoms with Gasteiger partial charge in [0.2, 0.25) is 0 Å². The summed E-state index contributed by atoms with van der Waals surface area (Å²) in [5, 5.41) is 21.5. The number of hydrogen-bond acceptors (Lipinski definition) is 5. The fourth-order valence-electron chi connectivity index (χ4n) is 3.88. The van der Waals surface area contributed by atoms with Crippen LogP contribution in [0.15, 0.2) is 18.2 Å². The summed E-state index contributed by atoms with van der Waals surface area (Å²) in [6, 6.07) is 4.20. The number of likely N-dealkylation sites (N-methyl/N-ethyl adjacent to an activating group) is 1. The predicted molar refractivity (Wildman–Crippen MR) is 138 cm³/mol. The van der Waals surface area contributed by atoms with Gasteiger partial charge < -0.3 is 30.7 Å². The molecule has 0 radical (unpaired) electrons. The second-order valence-electron chi connectivity index (χ2n) is 8.44. The zero-order valence-electron chi connectivity index (χ0n) is 21.4. The molecule has 1 aliphatic rings. The number of hydrogen-bond donors (Lipinski definition) is 5. The zero-order valence-corrected chi connectivity index (χ0v) is 21.4. The van der Waals surface area contributed by atoms with Gasteiger partial charge in [0.25, 0.3) is 11.8 Å². The van der Waals surface area contributed by atoms with Crippen LogP contribution in [0, 0.1) is 19.7 Å². The van der Waals surface area contributed by atoms with Crippen molar-refractivity contribution in [3.05, 3.63) is 52.1 Å². The van der Waals surface area contributed by atoms with Gasteiger partial charge >= 0.3 is 11.9 Å². The van der Waals surface area contributed by atoms with Gasteiger partial charge in [-0.1, -0.05) is 13.8 Å². The molecule has 11 heteroatoms. The van der Waals surface area contributed by atoms with Crippen molar-refractivity contribution in [2.45, 2.75) is 40.5 Å². The zero-order chi connectivity index (χ0) is 27.7. The van der Waals surface area contributed by atoms with E-state index in [1.54, 1.807) is 12.1 Å². The molecule has 0 saturated heterocycles. The van der Waals surface area contributed by atoms with Gasteiger partial charge in [-0.3, -0.25) is 19.2 Å². The number of halogens is 1. The highest BCUT2D eigenvalue weighted by atomic mass is 19.1. The van der Waals surface area contributed by atoms with Crippen LogP contribution in [0.1, 0.15) is 59.6 Å². The summed E-state index contributed by atoms with van der Waals surface area (Å²) < 4.78 is 13.7. The van der Waals surface area contributed by atoms with Crippen molar-refractivity contribution < 1.29 is 33.8 Å². The average Bonchev–Trinajstić information content (AvgIpc) is 3.30. The maximum Gasteiger partial charge on any atom is 0.303 e. The van der Waals surface area contributed by atoms with E-state index in [4.69, 9.17) is 10.2 Å². The molecule has 2 amide bonds. The lowest BCUT2D eigenvalue weighted by atomic mass is 10.0. The lowest BCUT2D eigenvalue weighted by molar-refractivity contribution is -0.143. The third kappa shape index (κ3) is 8.01. The van der Waals surface area contributed by atoms with Crippen LogP contribution in [0.2, 0.25) is 0 Å². The number of fused-ring (bicyclic) bond motifs is 1. The lowest BCUT2D eigenvalue weighted by Gasteiger charge is -2.18. The molecule has 3 rings (SSSR count). The number of carboxylic acids is 2. The number of rotatable bonds is 10. The number of carbonyl (C=O) groups is 4. The van der Waals surface area contributed by atoms with Crippen molar-refractivity contribution in [3.8, 4) is 0 Å². The Bertz CT molecular complexity index is 1190. The van der Waals surface area contributed by atoms with Crippen molar-refractivity contribution in [2.75, 3.05) is 31.5 Å². The standard InChI is InChI=1S/C22H27FN4O2.C4H6O4/c1-5-27(6-2)10-9-24-22(29)20-13(3)19(25-14(20)4)12-17-16-11-15(23)7-8-18(16)26-21(17)28;5-3(6)1-2-4(7)8/h7-8,11-12,25H,5-6,9-10H2,1-4H3,(H,24,29)(H,26,28);1-2H2,(H,5,6)(H,7,8)/b17-12-;. The molecule has 5 N–H and O–H groups in total. The molecule has 0 aliphatic carbocycles. The number of nitrogens with zero attached hydrogens (tertiary/aromatic N) is 1. The van der Waals surface area contributed by atoms with Crippen molar-refractivity contribution in [2.24, 2.45) is 0 Å². The Hall–Kier alpha value is -3.99. The first-order chi connectivity index (χ1) is 17.5. The number of carboxylic acid groups (broad SMARTS) is 2. The Labute approximate surface area is 214 Å². The van der Waals surface area contributed by atoms with Crippen LogP contribution in [0.5, 0.6) is 0 Å². The predicted octanol–water partition coefficient (Wildman–Crippen LogP) is 3.27. The van der Waals surface area contributed by atoms with E-state index in [-0.39, 0.29) is 24.7 Å². The molecule has 1 aromatic carbocycles. The van der Waals surface area contributed by atoms with Crippen LogP contribution in [-0.4, -0.2) is 70.0 Å². The van der Waals surface area contributed by atoms with E-state index in [0.717, 1.165) is 30.9 Å². The molecule has 10 nitrogen and oxygen atoms in total. The van der Waals surface area contributed by atoms with Gasteiger partial charge in [0.05, 0.1) is 24.0 Å². The van der Waals surface area contributed by atoms with Crippen LogP contribution in [0.4, 0.5) is 10.1 Å². The molecule has 0 fully saturated rings. The van der Waals surface area contributed by atoms with Crippen molar-refractivity contribution in [3.63, 3.8) is 0 Å². The fraction of sp³-hybridized carbons (Fsp3) is 0.385. The number of nitrogens with one attached hydrogen (secondary N) is 3. The Balaban J connectivity index is 0.000000521. The van der Waals surface area contributed by atoms with Crippen LogP contribution >= 0.6 is 0 Å². The SMILES string of the molecule is CCN(CC)CCNC(=O)c1c(C)[nH]c(/C=C2\C(=O)Nc3ccc(F)cc32)c1C.O=C(O)CCC(=O)O. The minimum atomic E-state index is -1.08. The Morgan fingerprint density at radius 1 is 1.08 bits per heavy atom. The summed E-state index contributed by atoms with van der Waals surface area (Å²) in [6.07, 6.45) is 1.08. The summed E-state index contributed by atoms with van der Waals surface area (Å²) in [6.45, 7) is 11.1. The highest BCUT2D eigenvalue weighted by Gasteiger charge is 2.26. The molecule has 0 atom stereocenters. The highest BCUT2D eigenvalue weighted by molar-refractivity contribution is 6.34. The maximum absolute atomic E-state index is 13.7. The van der Waals surface area contributed by atoms with Crippen molar-refractivity contribution in [1.82, 2.24) is 15.2 Å². The highest BCUT2D eigenvalue weighted by Crippen LogP contribution is 2.34. The number of benzene rings is 1. The first kappa shape index (κ1) is 29.2. The number of anilines is 1. The normalized spacial score (nSPS) is 13.1. The van der Waals surface area contributed by atoms with Gasteiger partial charge in [-0.15, -0.1) is 0 Å². The summed E-state index contributed by atoms with van der Waals surface area (Å²) in [5.74, 6) is -2.99. The molecule has 37 heavy (non-hydrogen) atoms. The number of aryl methyl sites for hydroxylation is 1. The topological polar surface area (TPSA) is 152 Å². The molecule has 1 aromatic heterocycles. The van der Waals surface area contributed by atoms with E-state index in [9.17, 15) is 23.6 Å². The second-order valence-corrected chi connectivity index (χ2v) is 8.44. The van der Waals surface area contributed by atoms with E-state index in [2.05, 4.69) is 34.4 Å². The van der Waals surface area contributed by atoms with Gasteiger partial charge in [-0.25, -0.2) is 4.39 Å². The molecule has 0 unspecified atom stereocenters. The van der Waals surface area contributed by atoms with Crippen LogP contribution in [0.3, 0.4) is 0 Å². The molecule has 200 valence electrons. The Kier molecular flexibility index (Phi) is 10.6. The summed E-state index contributed by atoms with van der Waals surface area (Å²) in [5.41, 5.74) is 4.20. The molecule has 2 heterocycles. The third-order valence-corrected chi connectivity index (χ3v) is 5.92. The molecule has 0 bridgehead atoms. The van der Waals surface area contributed by atoms with Gasteiger partial charge in [-0.2, -0.15) is 0 Å². The monoisotopic (exact) mass is 516 g/mol. The minimum Gasteiger partial charge on any atom is -0.481 e. The number of amides is 2. The van der Waals surface area contributed by atoms with E-state index < -0.39 is 17.8 Å². The Morgan fingerprint density at radius 2 is 1.70 bits per heavy atom. The van der Waals surface area contributed by atoms with Gasteiger partial charge in [0, 0.05) is 35.7 Å². The first-order valence-corrected chi connectivity index (χ1v) is 11.9. The van der Waals surface area contributed by atoms with Crippen LogP contribution in [-0.2, 0) is 14.4 Å². The summed E-state index contributed by atoms with van der Waals surface area (Å²) in [4.78, 5) is 49.8. The largest absolute Gasteiger partial charge is 0.481 e. The summed E-state index contributed by atoms with van der Waals surface area (Å²) >= 11 is 0. The fourth-order valence-corrected chi connectivity index (χ4v) is 3.88. The molecule has 0 saturated carbocycles. The van der Waals surface area contributed by atoms with Crippen LogP contribution in [0.25, 0.3) is 11.6 Å². The number of aromatic nitrogens is 1. The summed E-state index contributed by atoms with van der Waals surface area (Å²) in [7, 11) is 0. The lowest BCUT2D eigenvalue weighted by Crippen LogP contribution is -2.35. The van der Waals surface area contributed by atoms with E-state index in [0.29, 0.717) is 34.6 Å². The first-order valence-electron chi connectivity index (χ1n) is 11.9. The van der Waals surface area contributed by atoms with E-state index >= 15 is 0 Å². The smallest absolute Gasteiger partial charge is 0.303 e. The van der Waals surface area contributed by atoms with Gasteiger partial charge in [-0.05, 0) is 56.8 Å². The van der Waals surface area contributed by atoms with Gasteiger partial charge in [0.1, 0.15) is 5.82 Å². The molecule has 0 spiro atoms. The van der Waals surface area contributed by atoms with Crippen molar-refractivity contribution >= 4 is 41.1 Å².